The first-order valence-electron chi connectivity index (χ1n) is 10.5. The van der Waals surface area contributed by atoms with Crippen LogP contribution < -0.4 is 0 Å². The molecule has 2 aliphatic heterocycles. The van der Waals surface area contributed by atoms with Gasteiger partial charge in [0, 0.05) is 28.9 Å². The molecule has 0 bridgehead atoms. The van der Waals surface area contributed by atoms with Gasteiger partial charge in [-0.2, -0.15) is 0 Å². The number of benzene rings is 1. The fourth-order valence-electron chi connectivity index (χ4n) is 4.05. The van der Waals surface area contributed by atoms with E-state index in [4.69, 9.17) is 0 Å². The van der Waals surface area contributed by atoms with Gasteiger partial charge in [-0.05, 0) is 29.7 Å². The Hall–Kier alpha value is -1.49. The van der Waals surface area contributed by atoms with Crippen LogP contribution in [-0.4, -0.2) is 27.5 Å². The molecule has 0 saturated carbocycles. The van der Waals surface area contributed by atoms with Gasteiger partial charge >= 0.3 is 0 Å². The predicted molar refractivity (Wildman–Crippen MR) is 109 cm³/mol. The lowest BCUT2D eigenvalue weighted by molar-refractivity contribution is 0.0651. The summed E-state index contributed by atoms with van der Waals surface area (Å²) in [5.41, 5.74) is 2.94. The topological polar surface area (TPSA) is 54.5 Å². The lowest BCUT2D eigenvalue weighted by Crippen LogP contribution is -2.30. The Labute approximate surface area is 165 Å². The fraction of sp³-hybridized carbons (Fsp3) is 0.636. The Bertz CT molecular complexity index is 682. The van der Waals surface area contributed by atoms with Crippen LogP contribution in [0.2, 0.25) is 0 Å². The van der Waals surface area contributed by atoms with Gasteiger partial charge in [0.05, 0.1) is 11.1 Å². The molecule has 2 amide bonds. The van der Waals surface area contributed by atoms with Gasteiger partial charge in [-0.1, -0.05) is 64.7 Å². The molecule has 0 aromatic heterocycles. The van der Waals surface area contributed by atoms with E-state index in [2.05, 4.69) is 6.92 Å². The highest BCUT2D eigenvalue weighted by Crippen LogP contribution is 2.31. The van der Waals surface area contributed by atoms with Crippen molar-refractivity contribution in [3.8, 4) is 0 Å². The minimum absolute atomic E-state index is 0.175. The standard InChI is InChI=1S/C22H31NO3S/c1-2-3-4-5-6-7-8-9-10-11-12-23-21(24)19-13-17-15-27(26)16-18(17)14-20(19)22(23)25/h13-14H,2-12,15-16H2,1H3. The molecule has 0 N–H and O–H groups in total. The Morgan fingerprint density at radius 1 is 0.778 bits per heavy atom. The average molecular weight is 390 g/mol. The maximum atomic E-state index is 12.6. The number of nitrogens with zero attached hydrogens (tertiary/aromatic N) is 1. The van der Waals surface area contributed by atoms with Crippen LogP contribution in [0.4, 0.5) is 0 Å². The smallest absolute Gasteiger partial charge is 0.261 e. The zero-order chi connectivity index (χ0) is 19.2. The van der Waals surface area contributed by atoms with E-state index in [1.807, 2.05) is 0 Å². The van der Waals surface area contributed by atoms with Crippen molar-refractivity contribution in [1.82, 2.24) is 4.90 Å². The van der Waals surface area contributed by atoms with Crippen molar-refractivity contribution in [2.75, 3.05) is 6.54 Å². The van der Waals surface area contributed by atoms with Gasteiger partial charge in [0.2, 0.25) is 0 Å². The molecule has 5 heteroatoms. The summed E-state index contributed by atoms with van der Waals surface area (Å²) in [4.78, 5) is 26.6. The van der Waals surface area contributed by atoms with Gasteiger partial charge in [0.25, 0.3) is 11.8 Å². The summed E-state index contributed by atoms with van der Waals surface area (Å²) < 4.78 is 11.7. The minimum atomic E-state index is -0.893. The maximum Gasteiger partial charge on any atom is 0.261 e. The number of carbonyl (C=O) groups is 2. The normalized spacial score (nSPS) is 16.3. The fourth-order valence-corrected chi connectivity index (χ4v) is 5.39. The molecule has 27 heavy (non-hydrogen) atoms. The summed E-state index contributed by atoms with van der Waals surface area (Å²) in [6, 6.07) is 3.60. The van der Waals surface area contributed by atoms with Crippen LogP contribution in [-0.2, 0) is 22.3 Å². The molecule has 2 heterocycles. The number of hydrogen-bond donors (Lipinski definition) is 0. The van der Waals surface area contributed by atoms with Crippen LogP contribution in [0, 0.1) is 0 Å². The van der Waals surface area contributed by atoms with E-state index in [1.165, 1.54) is 56.3 Å². The summed E-state index contributed by atoms with van der Waals surface area (Å²) in [5, 5.41) is 0. The summed E-state index contributed by atoms with van der Waals surface area (Å²) in [5.74, 6) is 0.656. The van der Waals surface area contributed by atoms with E-state index in [0.717, 1.165) is 24.0 Å². The van der Waals surface area contributed by atoms with Crippen LogP contribution in [0.1, 0.15) is 103 Å². The molecule has 0 atom stereocenters. The van der Waals surface area contributed by atoms with Crippen LogP contribution in [0.3, 0.4) is 0 Å². The van der Waals surface area contributed by atoms with E-state index < -0.39 is 10.8 Å². The lowest BCUT2D eigenvalue weighted by Gasteiger charge is -2.13. The second-order valence-electron chi connectivity index (χ2n) is 7.84. The average Bonchev–Trinajstić information content (AvgIpc) is 3.12. The number of fused-ring (bicyclic) bond motifs is 2. The van der Waals surface area contributed by atoms with Gasteiger partial charge in [0.1, 0.15) is 0 Å². The quantitative estimate of drug-likeness (QED) is 0.397. The van der Waals surface area contributed by atoms with E-state index in [1.54, 1.807) is 12.1 Å². The molecular formula is C22H31NO3S. The molecule has 2 aliphatic rings. The highest BCUT2D eigenvalue weighted by Gasteiger charge is 2.37. The van der Waals surface area contributed by atoms with Crippen molar-refractivity contribution in [2.45, 2.75) is 82.6 Å². The van der Waals surface area contributed by atoms with Crippen molar-refractivity contribution >= 4 is 22.6 Å². The SMILES string of the molecule is CCCCCCCCCCCCN1C(=O)c2cc3c(cc2C1=O)CS(=O)C3. The summed E-state index contributed by atoms with van der Waals surface area (Å²) in [6.45, 7) is 2.75. The predicted octanol–water partition coefficient (Wildman–Crippen LogP) is 4.97. The Balaban J connectivity index is 1.40. The maximum absolute atomic E-state index is 12.6. The minimum Gasteiger partial charge on any atom is -0.274 e. The Morgan fingerprint density at radius 3 is 1.70 bits per heavy atom. The number of unbranched alkanes of at least 4 members (excludes halogenated alkanes) is 9. The highest BCUT2D eigenvalue weighted by molar-refractivity contribution is 7.83. The van der Waals surface area contributed by atoms with Crippen LogP contribution >= 0.6 is 0 Å². The molecule has 0 spiro atoms. The van der Waals surface area contributed by atoms with E-state index in [-0.39, 0.29) is 11.8 Å². The van der Waals surface area contributed by atoms with Gasteiger partial charge in [-0.15, -0.1) is 0 Å². The molecule has 3 rings (SSSR count). The molecule has 0 aliphatic carbocycles. The molecule has 1 aromatic carbocycles. The van der Waals surface area contributed by atoms with Crippen LogP contribution in [0.5, 0.6) is 0 Å². The third-order valence-corrected chi connectivity index (χ3v) is 6.93. The number of hydrogen-bond acceptors (Lipinski definition) is 3. The monoisotopic (exact) mass is 389 g/mol. The Kier molecular flexibility index (Phi) is 7.22. The summed E-state index contributed by atoms with van der Waals surface area (Å²) in [6.07, 6.45) is 12.3. The first kappa shape index (κ1) is 20.2. The van der Waals surface area contributed by atoms with E-state index >= 15 is 0 Å². The Morgan fingerprint density at radius 2 is 1.22 bits per heavy atom. The molecular weight excluding hydrogens is 358 g/mol. The van der Waals surface area contributed by atoms with Crippen LogP contribution in [0.25, 0.3) is 0 Å². The van der Waals surface area contributed by atoms with Gasteiger partial charge in [-0.3, -0.25) is 18.7 Å². The van der Waals surface area contributed by atoms with Crippen molar-refractivity contribution in [2.24, 2.45) is 0 Å². The molecule has 148 valence electrons. The van der Waals surface area contributed by atoms with Crippen molar-refractivity contribution < 1.29 is 13.8 Å². The molecule has 0 radical (unpaired) electrons. The van der Waals surface area contributed by atoms with Crippen molar-refractivity contribution in [3.63, 3.8) is 0 Å². The van der Waals surface area contributed by atoms with Crippen molar-refractivity contribution in [3.05, 3.63) is 34.4 Å². The number of rotatable bonds is 11. The molecule has 0 unspecified atom stereocenters. The van der Waals surface area contributed by atoms with E-state index in [9.17, 15) is 13.8 Å². The second kappa shape index (κ2) is 9.63. The number of imide groups is 1. The largest absolute Gasteiger partial charge is 0.274 e. The first-order valence-corrected chi connectivity index (χ1v) is 12.0. The third kappa shape index (κ3) is 4.87. The number of amides is 2. The molecule has 0 saturated heterocycles. The highest BCUT2D eigenvalue weighted by atomic mass is 32.2. The van der Waals surface area contributed by atoms with E-state index in [0.29, 0.717) is 29.2 Å². The molecule has 4 nitrogen and oxygen atoms in total. The first-order chi connectivity index (χ1) is 13.1. The number of carbonyl (C=O) groups excluding carboxylic acids is 2. The van der Waals surface area contributed by atoms with Crippen molar-refractivity contribution in [1.29, 1.82) is 0 Å². The third-order valence-electron chi connectivity index (χ3n) is 5.66. The summed E-state index contributed by atoms with van der Waals surface area (Å²) in [7, 11) is -0.893. The molecule has 0 fully saturated rings. The van der Waals surface area contributed by atoms with Gasteiger partial charge in [0.15, 0.2) is 0 Å². The zero-order valence-electron chi connectivity index (χ0n) is 16.4. The van der Waals surface area contributed by atoms with Gasteiger partial charge < -0.3 is 0 Å². The second-order valence-corrected chi connectivity index (χ2v) is 9.30. The zero-order valence-corrected chi connectivity index (χ0v) is 17.2. The van der Waals surface area contributed by atoms with Gasteiger partial charge in [-0.25, -0.2) is 0 Å². The molecule has 1 aromatic rings. The summed E-state index contributed by atoms with van der Waals surface area (Å²) >= 11 is 0. The van der Waals surface area contributed by atoms with Crippen LogP contribution in [0.15, 0.2) is 12.1 Å². The lowest BCUT2D eigenvalue weighted by atomic mass is 10.0.